The number of halogens is 1. The minimum atomic E-state index is -0.524. The molecule has 0 aliphatic carbocycles. The molecular formula is C20H19FN4O3. The largest absolute Gasteiger partial charge is 0.464 e. The second kappa shape index (κ2) is 6.57. The van der Waals surface area contributed by atoms with Crippen molar-refractivity contribution in [2.75, 3.05) is 18.5 Å². The van der Waals surface area contributed by atoms with Crippen molar-refractivity contribution in [3.05, 3.63) is 47.5 Å². The number of furan rings is 1. The average molecular weight is 382 g/mol. The zero-order chi connectivity index (χ0) is 19.3. The first-order chi connectivity index (χ1) is 13.6. The smallest absolute Gasteiger partial charge is 0.254 e. The Morgan fingerprint density at radius 1 is 1.32 bits per heavy atom. The van der Waals surface area contributed by atoms with Gasteiger partial charge in [-0.3, -0.25) is 4.79 Å². The maximum Gasteiger partial charge on any atom is 0.254 e. The highest BCUT2D eigenvalue weighted by Crippen LogP contribution is 2.37. The number of hydrogen-bond donors (Lipinski definition) is 3. The molecule has 0 radical (unpaired) electrons. The summed E-state index contributed by atoms with van der Waals surface area (Å²) in [6, 6.07) is 7.05. The van der Waals surface area contributed by atoms with Crippen LogP contribution in [0.25, 0.3) is 22.2 Å². The van der Waals surface area contributed by atoms with E-state index in [0.717, 1.165) is 5.39 Å². The molecule has 2 aromatic heterocycles. The number of nitrogens with one attached hydrogen (secondary N) is 2. The number of nitrogens with two attached hydrogens (primary N) is 1. The Morgan fingerprint density at radius 2 is 2.18 bits per heavy atom. The number of fused-ring (bicyclic) bond motifs is 2. The zero-order valence-electron chi connectivity index (χ0n) is 15.0. The summed E-state index contributed by atoms with van der Waals surface area (Å²) in [5, 5.41) is 6.64. The van der Waals surface area contributed by atoms with Gasteiger partial charge >= 0.3 is 0 Å². The van der Waals surface area contributed by atoms with Gasteiger partial charge < -0.3 is 25.5 Å². The second-order valence-corrected chi connectivity index (χ2v) is 7.08. The Bertz CT molecular complexity index is 1080. The lowest BCUT2D eigenvalue weighted by Gasteiger charge is -2.30. The molecule has 7 nitrogen and oxygen atoms in total. The monoisotopic (exact) mass is 382 g/mol. The standard InChI is InChI=1S/C20H19FN4O3/c21-17-11-7-23-20(26)16(11)18(12-8-28-15-4-2-1-3-10(12)15)25-19(17)24-14-5-6-27-9-13(14)22/h1-4,8,13-14H,5-7,9,22H2,(H,23,26)(H,24,25). The number of aromatic nitrogens is 1. The molecule has 8 heteroatoms. The molecule has 1 saturated heterocycles. The summed E-state index contributed by atoms with van der Waals surface area (Å²) in [6.45, 7) is 1.08. The van der Waals surface area contributed by atoms with Crippen molar-refractivity contribution < 1.29 is 18.3 Å². The highest BCUT2D eigenvalue weighted by Gasteiger charge is 2.32. The fraction of sp³-hybridized carbons (Fsp3) is 0.300. The van der Waals surface area contributed by atoms with Gasteiger partial charge in [0.1, 0.15) is 11.8 Å². The van der Waals surface area contributed by atoms with Crippen molar-refractivity contribution in [2.45, 2.75) is 25.0 Å². The molecule has 0 bridgehead atoms. The van der Waals surface area contributed by atoms with E-state index in [-0.39, 0.29) is 35.9 Å². The Morgan fingerprint density at radius 3 is 3.04 bits per heavy atom. The van der Waals surface area contributed by atoms with Crippen LogP contribution in [0.5, 0.6) is 0 Å². The van der Waals surface area contributed by atoms with E-state index < -0.39 is 5.82 Å². The van der Waals surface area contributed by atoms with E-state index in [2.05, 4.69) is 15.6 Å². The molecule has 4 N–H and O–H groups in total. The van der Waals surface area contributed by atoms with E-state index in [1.165, 1.54) is 0 Å². The van der Waals surface area contributed by atoms with Gasteiger partial charge in [0.2, 0.25) is 0 Å². The second-order valence-electron chi connectivity index (χ2n) is 7.08. The van der Waals surface area contributed by atoms with Gasteiger partial charge in [0.15, 0.2) is 11.6 Å². The first-order valence-electron chi connectivity index (χ1n) is 9.20. The molecule has 5 rings (SSSR count). The number of amides is 1. The fourth-order valence-electron chi connectivity index (χ4n) is 3.85. The minimum absolute atomic E-state index is 0.0953. The summed E-state index contributed by atoms with van der Waals surface area (Å²) in [5.74, 6) is -0.766. The molecule has 1 fully saturated rings. The third-order valence-corrected chi connectivity index (χ3v) is 5.35. The summed E-state index contributed by atoms with van der Waals surface area (Å²) in [7, 11) is 0. The van der Waals surface area contributed by atoms with Crippen molar-refractivity contribution in [2.24, 2.45) is 5.73 Å². The zero-order valence-corrected chi connectivity index (χ0v) is 15.0. The molecule has 144 valence electrons. The minimum Gasteiger partial charge on any atom is -0.464 e. The first-order valence-corrected chi connectivity index (χ1v) is 9.20. The van der Waals surface area contributed by atoms with Crippen LogP contribution in [0.15, 0.2) is 34.9 Å². The molecule has 0 saturated carbocycles. The maximum absolute atomic E-state index is 15.2. The number of rotatable bonds is 3. The summed E-state index contributed by atoms with van der Waals surface area (Å²) < 4.78 is 26.1. The third kappa shape index (κ3) is 2.64. The Hall–Kier alpha value is -2.97. The lowest BCUT2D eigenvalue weighted by Crippen LogP contribution is -2.48. The molecule has 1 amide bonds. The van der Waals surface area contributed by atoms with Gasteiger partial charge in [0.05, 0.1) is 17.9 Å². The Labute approximate surface area is 160 Å². The number of pyridine rings is 1. The first kappa shape index (κ1) is 17.2. The number of hydrogen-bond acceptors (Lipinski definition) is 6. The number of carbonyl (C=O) groups excluding carboxylic acids is 1. The molecule has 1 aromatic carbocycles. The van der Waals surface area contributed by atoms with Crippen LogP contribution in [0.4, 0.5) is 10.2 Å². The van der Waals surface area contributed by atoms with Crippen LogP contribution in [0.2, 0.25) is 0 Å². The number of ether oxygens (including phenoxy) is 1. The van der Waals surface area contributed by atoms with E-state index in [1.807, 2.05) is 24.3 Å². The number of anilines is 1. The number of para-hydroxylation sites is 1. The SMILES string of the molecule is NC1COCCC1Nc1nc(-c2coc3ccccc23)c2c(c1F)CNC2=O. The average Bonchev–Trinajstić information content (AvgIpc) is 3.30. The summed E-state index contributed by atoms with van der Waals surface area (Å²) in [6.07, 6.45) is 2.21. The van der Waals surface area contributed by atoms with Crippen LogP contribution in [0.1, 0.15) is 22.3 Å². The topological polar surface area (TPSA) is 102 Å². The molecule has 2 atom stereocenters. The summed E-state index contributed by atoms with van der Waals surface area (Å²) >= 11 is 0. The molecule has 2 unspecified atom stereocenters. The quantitative estimate of drug-likeness (QED) is 0.643. The molecule has 0 spiro atoms. The van der Waals surface area contributed by atoms with Gasteiger partial charge in [-0.25, -0.2) is 9.37 Å². The Balaban J connectivity index is 1.66. The van der Waals surface area contributed by atoms with E-state index >= 15 is 4.39 Å². The van der Waals surface area contributed by atoms with Gasteiger partial charge in [-0.05, 0) is 12.5 Å². The van der Waals surface area contributed by atoms with Crippen molar-refractivity contribution in [1.82, 2.24) is 10.3 Å². The normalized spacial score (nSPS) is 21.6. The fourth-order valence-corrected chi connectivity index (χ4v) is 3.85. The van der Waals surface area contributed by atoms with Gasteiger partial charge in [0.25, 0.3) is 5.91 Å². The van der Waals surface area contributed by atoms with Crippen LogP contribution in [-0.2, 0) is 11.3 Å². The lowest BCUT2D eigenvalue weighted by molar-refractivity contribution is 0.0751. The van der Waals surface area contributed by atoms with Crippen LogP contribution in [0, 0.1) is 5.82 Å². The molecule has 2 aliphatic rings. The van der Waals surface area contributed by atoms with Crippen molar-refractivity contribution in [1.29, 1.82) is 0 Å². The molecule has 2 aliphatic heterocycles. The third-order valence-electron chi connectivity index (χ3n) is 5.35. The van der Waals surface area contributed by atoms with Crippen LogP contribution in [-0.4, -0.2) is 36.2 Å². The maximum atomic E-state index is 15.2. The van der Waals surface area contributed by atoms with Gasteiger partial charge in [-0.2, -0.15) is 0 Å². The van der Waals surface area contributed by atoms with Gasteiger partial charge in [0, 0.05) is 41.7 Å². The number of nitrogens with zero attached hydrogens (tertiary/aromatic N) is 1. The number of carbonyl (C=O) groups is 1. The van der Waals surface area contributed by atoms with Crippen LogP contribution >= 0.6 is 0 Å². The molecule has 28 heavy (non-hydrogen) atoms. The number of benzene rings is 1. The summed E-state index contributed by atoms with van der Waals surface area (Å²) in [5.41, 5.74) is 8.40. The van der Waals surface area contributed by atoms with E-state index in [4.69, 9.17) is 14.9 Å². The predicted octanol–water partition coefficient (Wildman–Crippen LogP) is 2.41. The van der Waals surface area contributed by atoms with Crippen LogP contribution < -0.4 is 16.4 Å². The molecule has 3 aromatic rings. The van der Waals surface area contributed by atoms with Gasteiger partial charge in [-0.1, -0.05) is 18.2 Å². The Kier molecular flexibility index (Phi) is 4.03. The highest BCUT2D eigenvalue weighted by atomic mass is 19.1. The van der Waals surface area contributed by atoms with Gasteiger partial charge in [-0.15, -0.1) is 0 Å². The lowest BCUT2D eigenvalue weighted by atomic mass is 10.0. The molecular weight excluding hydrogens is 363 g/mol. The van der Waals surface area contributed by atoms with Crippen LogP contribution in [0.3, 0.4) is 0 Å². The van der Waals surface area contributed by atoms with Crippen molar-refractivity contribution >= 4 is 22.7 Å². The van der Waals surface area contributed by atoms with E-state index in [9.17, 15) is 4.79 Å². The van der Waals surface area contributed by atoms with Crippen molar-refractivity contribution in [3.8, 4) is 11.3 Å². The highest BCUT2D eigenvalue weighted by molar-refractivity contribution is 6.07. The van der Waals surface area contributed by atoms with E-state index in [0.29, 0.717) is 42.0 Å². The summed E-state index contributed by atoms with van der Waals surface area (Å²) in [4.78, 5) is 16.9. The van der Waals surface area contributed by atoms with Crippen molar-refractivity contribution in [3.63, 3.8) is 0 Å². The van der Waals surface area contributed by atoms with E-state index in [1.54, 1.807) is 6.26 Å². The molecule has 4 heterocycles. The predicted molar refractivity (Wildman–Crippen MR) is 101 cm³/mol.